The first kappa shape index (κ1) is 23.9. The standard InChI is InChI=1S/C20H31N3O6S/c1-6-29-20(25)23-11-9-22(10-12-23)19(24)14-21(4)30(26,27)18-13-16(15(2)3)7-8-17(18)28-5/h7-8,13,15H,6,9-12,14H2,1-5H3. The van der Waals surface area contributed by atoms with Crippen molar-refractivity contribution in [2.24, 2.45) is 0 Å². The van der Waals surface area contributed by atoms with E-state index in [0.29, 0.717) is 32.8 Å². The van der Waals surface area contributed by atoms with Gasteiger partial charge in [0.05, 0.1) is 20.3 Å². The van der Waals surface area contributed by atoms with E-state index < -0.39 is 16.1 Å². The third-order valence-electron chi connectivity index (χ3n) is 5.06. The molecule has 168 valence electrons. The van der Waals surface area contributed by atoms with Crippen LogP contribution in [0.2, 0.25) is 0 Å². The van der Waals surface area contributed by atoms with Crippen LogP contribution in [-0.2, 0) is 19.6 Å². The number of ether oxygens (including phenoxy) is 2. The average molecular weight is 442 g/mol. The first-order valence-corrected chi connectivity index (χ1v) is 11.4. The fourth-order valence-electron chi connectivity index (χ4n) is 3.15. The number of likely N-dealkylation sites (N-methyl/N-ethyl adjacent to an activating group) is 1. The molecule has 1 aliphatic heterocycles. The van der Waals surface area contributed by atoms with Crippen molar-refractivity contribution in [1.82, 2.24) is 14.1 Å². The van der Waals surface area contributed by atoms with E-state index in [-0.39, 0.29) is 29.0 Å². The molecule has 30 heavy (non-hydrogen) atoms. The van der Waals surface area contributed by atoms with Crippen molar-refractivity contribution < 1.29 is 27.5 Å². The number of carbonyl (C=O) groups is 2. The third kappa shape index (κ3) is 5.42. The Labute approximate surface area is 178 Å². The molecule has 0 spiro atoms. The Hall–Kier alpha value is -2.33. The van der Waals surface area contributed by atoms with Crippen molar-refractivity contribution in [3.63, 3.8) is 0 Å². The molecule has 0 aromatic heterocycles. The molecule has 1 aromatic carbocycles. The predicted molar refractivity (Wildman–Crippen MR) is 112 cm³/mol. The van der Waals surface area contributed by atoms with Gasteiger partial charge in [-0.3, -0.25) is 4.79 Å². The SMILES string of the molecule is CCOC(=O)N1CCN(C(=O)CN(C)S(=O)(=O)c2cc(C(C)C)ccc2OC)CC1. The highest BCUT2D eigenvalue weighted by molar-refractivity contribution is 7.89. The average Bonchev–Trinajstić information content (AvgIpc) is 2.73. The molecular weight excluding hydrogens is 410 g/mol. The fraction of sp³-hybridized carbons (Fsp3) is 0.600. The minimum Gasteiger partial charge on any atom is -0.495 e. The third-order valence-corrected chi connectivity index (χ3v) is 6.88. The summed E-state index contributed by atoms with van der Waals surface area (Å²) in [5, 5.41) is 0. The van der Waals surface area contributed by atoms with Gasteiger partial charge in [0.15, 0.2) is 0 Å². The maximum atomic E-state index is 13.1. The molecule has 0 unspecified atom stereocenters. The molecule has 1 heterocycles. The molecule has 0 saturated carbocycles. The largest absolute Gasteiger partial charge is 0.495 e. The highest BCUT2D eigenvalue weighted by Crippen LogP contribution is 2.30. The Morgan fingerprint density at radius 3 is 2.27 bits per heavy atom. The number of hydrogen-bond donors (Lipinski definition) is 0. The molecule has 0 aliphatic carbocycles. The summed E-state index contributed by atoms with van der Waals surface area (Å²) in [5.41, 5.74) is 0.865. The summed E-state index contributed by atoms with van der Waals surface area (Å²) in [5.74, 6) is 0.0674. The van der Waals surface area contributed by atoms with Crippen LogP contribution in [0.25, 0.3) is 0 Å². The highest BCUT2D eigenvalue weighted by atomic mass is 32.2. The Morgan fingerprint density at radius 2 is 1.73 bits per heavy atom. The number of carbonyl (C=O) groups excluding carboxylic acids is 2. The number of amides is 2. The maximum Gasteiger partial charge on any atom is 0.409 e. The number of benzene rings is 1. The van der Waals surface area contributed by atoms with Crippen molar-refractivity contribution >= 4 is 22.0 Å². The zero-order chi connectivity index (χ0) is 22.5. The summed E-state index contributed by atoms with van der Waals surface area (Å²) in [7, 11) is -1.13. The van der Waals surface area contributed by atoms with Crippen molar-refractivity contribution in [3.8, 4) is 5.75 Å². The predicted octanol–water partition coefficient (Wildman–Crippen LogP) is 1.74. The van der Waals surface area contributed by atoms with E-state index in [1.807, 2.05) is 19.9 Å². The second-order valence-corrected chi connectivity index (χ2v) is 9.41. The smallest absolute Gasteiger partial charge is 0.409 e. The van der Waals surface area contributed by atoms with Crippen LogP contribution in [0.15, 0.2) is 23.1 Å². The Kier molecular flexibility index (Phi) is 8.08. The number of hydrogen-bond acceptors (Lipinski definition) is 6. The first-order chi connectivity index (χ1) is 14.1. The van der Waals surface area contributed by atoms with Crippen LogP contribution in [0.1, 0.15) is 32.3 Å². The lowest BCUT2D eigenvalue weighted by Gasteiger charge is -2.34. The van der Waals surface area contributed by atoms with Gasteiger partial charge in [-0.15, -0.1) is 0 Å². The van der Waals surface area contributed by atoms with Crippen LogP contribution in [0.4, 0.5) is 4.79 Å². The van der Waals surface area contributed by atoms with Gasteiger partial charge in [0.2, 0.25) is 15.9 Å². The molecular formula is C20H31N3O6S. The topological polar surface area (TPSA) is 96.5 Å². The lowest BCUT2D eigenvalue weighted by molar-refractivity contribution is -0.132. The number of methoxy groups -OCH3 is 1. The van der Waals surface area contributed by atoms with E-state index in [9.17, 15) is 18.0 Å². The van der Waals surface area contributed by atoms with Gasteiger partial charge < -0.3 is 19.3 Å². The van der Waals surface area contributed by atoms with E-state index in [2.05, 4.69) is 0 Å². The normalized spacial score (nSPS) is 14.9. The minimum atomic E-state index is -3.93. The van der Waals surface area contributed by atoms with Crippen molar-refractivity contribution in [2.75, 3.05) is 53.5 Å². The zero-order valence-electron chi connectivity index (χ0n) is 18.3. The van der Waals surface area contributed by atoms with Crippen LogP contribution in [0, 0.1) is 0 Å². The molecule has 1 aliphatic rings. The molecule has 10 heteroatoms. The quantitative estimate of drug-likeness (QED) is 0.640. The summed E-state index contributed by atoms with van der Waals surface area (Å²) < 4.78 is 37.5. The van der Waals surface area contributed by atoms with Crippen molar-refractivity contribution in [2.45, 2.75) is 31.6 Å². The van der Waals surface area contributed by atoms with Gasteiger partial charge in [0.25, 0.3) is 0 Å². The molecule has 2 rings (SSSR count). The van der Waals surface area contributed by atoms with E-state index >= 15 is 0 Å². The van der Waals surface area contributed by atoms with Crippen molar-refractivity contribution in [1.29, 1.82) is 0 Å². The Morgan fingerprint density at radius 1 is 1.13 bits per heavy atom. The number of piperazine rings is 1. The van der Waals surface area contributed by atoms with Crippen LogP contribution in [-0.4, -0.2) is 88.0 Å². The van der Waals surface area contributed by atoms with Crippen LogP contribution >= 0.6 is 0 Å². The molecule has 1 fully saturated rings. The summed E-state index contributed by atoms with van der Waals surface area (Å²) in [6.45, 7) is 7.05. The van der Waals surface area contributed by atoms with Gasteiger partial charge in [0, 0.05) is 33.2 Å². The molecule has 0 radical (unpaired) electrons. The highest BCUT2D eigenvalue weighted by Gasteiger charge is 2.30. The van der Waals surface area contributed by atoms with Gasteiger partial charge >= 0.3 is 6.09 Å². The first-order valence-electron chi connectivity index (χ1n) is 9.95. The minimum absolute atomic E-state index is 0.0404. The van der Waals surface area contributed by atoms with Gasteiger partial charge in [-0.1, -0.05) is 19.9 Å². The second kappa shape index (κ2) is 10.1. The van der Waals surface area contributed by atoms with Gasteiger partial charge in [-0.25, -0.2) is 13.2 Å². The summed E-state index contributed by atoms with van der Waals surface area (Å²) in [6, 6.07) is 5.06. The van der Waals surface area contributed by atoms with E-state index in [1.165, 1.54) is 19.1 Å². The molecule has 0 atom stereocenters. The van der Waals surface area contributed by atoms with Crippen LogP contribution in [0.5, 0.6) is 5.75 Å². The number of rotatable bonds is 7. The monoisotopic (exact) mass is 441 g/mol. The number of sulfonamides is 1. The summed E-state index contributed by atoms with van der Waals surface area (Å²) >= 11 is 0. The van der Waals surface area contributed by atoms with Gasteiger partial charge in [0.1, 0.15) is 10.6 Å². The lowest BCUT2D eigenvalue weighted by Crippen LogP contribution is -2.52. The Bertz CT molecular complexity index is 863. The molecule has 0 bridgehead atoms. The van der Waals surface area contributed by atoms with Gasteiger partial charge in [-0.2, -0.15) is 4.31 Å². The summed E-state index contributed by atoms with van der Waals surface area (Å²) in [4.78, 5) is 27.6. The van der Waals surface area contributed by atoms with E-state index in [1.54, 1.807) is 24.0 Å². The van der Waals surface area contributed by atoms with E-state index in [4.69, 9.17) is 9.47 Å². The summed E-state index contributed by atoms with van der Waals surface area (Å²) in [6.07, 6.45) is -0.401. The Balaban J connectivity index is 2.08. The fourth-order valence-corrected chi connectivity index (χ4v) is 4.46. The van der Waals surface area contributed by atoms with Crippen molar-refractivity contribution in [3.05, 3.63) is 23.8 Å². The molecule has 1 saturated heterocycles. The molecule has 9 nitrogen and oxygen atoms in total. The molecule has 1 aromatic rings. The lowest BCUT2D eigenvalue weighted by atomic mass is 10.0. The van der Waals surface area contributed by atoms with Crippen LogP contribution in [0.3, 0.4) is 0 Å². The number of nitrogens with zero attached hydrogens (tertiary/aromatic N) is 3. The maximum absolute atomic E-state index is 13.1. The zero-order valence-corrected chi connectivity index (χ0v) is 19.1. The second-order valence-electron chi connectivity index (χ2n) is 7.39. The van der Waals surface area contributed by atoms with Gasteiger partial charge in [-0.05, 0) is 30.5 Å². The molecule has 0 N–H and O–H groups in total. The molecule has 2 amide bonds. The van der Waals surface area contributed by atoms with E-state index in [0.717, 1.165) is 9.87 Å². The van der Waals surface area contributed by atoms with Crippen LogP contribution < -0.4 is 4.74 Å².